The van der Waals surface area contributed by atoms with Gasteiger partial charge in [0, 0.05) is 45.6 Å². The van der Waals surface area contributed by atoms with E-state index in [9.17, 15) is 4.79 Å². The maximum absolute atomic E-state index is 10.0. The first-order valence-electron chi connectivity index (χ1n) is 7.37. The first-order valence-corrected chi connectivity index (χ1v) is 7.37. The Morgan fingerprint density at radius 2 is 1.92 bits per heavy atom. The first kappa shape index (κ1) is 20.5. The molecule has 3 aromatic rings. The molecule has 0 atom stereocenters. The fourth-order valence-corrected chi connectivity index (χ4v) is 2.11. The maximum Gasteiger partial charge on any atom is 0.155 e. The fourth-order valence-electron chi connectivity index (χ4n) is 2.11. The minimum absolute atomic E-state index is 0. The van der Waals surface area contributed by atoms with Crippen LogP contribution < -0.4 is 5.10 Å². The normalized spacial score (nSPS) is 10.4. The Labute approximate surface area is 160 Å². The number of aryl methyl sites for hydroxylation is 1. The Morgan fingerprint density at radius 3 is 2.40 bits per heavy atom. The first-order chi connectivity index (χ1) is 11.5. The summed E-state index contributed by atoms with van der Waals surface area (Å²) in [4.78, 5) is 14.3. The van der Waals surface area contributed by atoms with Crippen molar-refractivity contribution in [2.45, 2.75) is 13.8 Å². The van der Waals surface area contributed by atoms with Gasteiger partial charge in [0.15, 0.2) is 5.78 Å². The van der Waals surface area contributed by atoms with E-state index in [0.717, 1.165) is 22.5 Å². The van der Waals surface area contributed by atoms with Crippen LogP contribution in [0.3, 0.4) is 0 Å². The van der Waals surface area contributed by atoms with Crippen molar-refractivity contribution in [2.24, 2.45) is 7.05 Å². The van der Waals surface area contributed by atoms with Crippen LogP contribution in [-0.2, 0) is 31.9 Å². The number of hydrogen-bond acceptors (Lipinski definition) is 4. The van der Waals surface area contributed by atoms with E-state index in [0.29, 0.717) is 0 Å². The van der Waals surface area contributed by atoms with Crippen molar-refractivity contribution in [1.29, 1.82) is 0 Å². The molecular weight excluding hydrogens is 496 g/mol. The van der Waals surface area contributed by atoms with E-state index in [1.165, 1.54) is 19.9 Å². The summed E-state index contributed by atoms with van der Waals surface area (Å²) in [5.74, 6) is -0.0625. The summed E-state index contributed by atoms with van der Waals surface area (Å²) < 4.78 is 1.90. The van der Waals surface area contributed by atoms with Crippen LogP contribution in [0.1, 0.15) is 13.8 Å². The van der Waals surface area contributed by atoms with Crippen molar-refractivity contribution in [3.8, 4) is 22.5 Å². The van der Waals surface area contributed by atoms with Crippen LogP contribution in [0.15, 0.2) is 60.9 Å². The van der Waals surface area contributed by atoms with E-state index in [4.69, 9.17) is 5.11 Å². The maximum atomic E-state index is 10.0. The minimum atomic E-state index is -0.125. The van der Waals surface area contributed by atoms with Gasteiger partial charge in [0.05, 0.1) is 17.8 Å². The van der Waals surface area contributed by atoms with Crippen molar-refractivity contribution in [3.05, 3.63) is 60.9 Å². The fraction of sp³-hybridized carbons (Fsp3) is 0.167. The molecule has 0 aliphatic heterocycles. The molecule has 1 N–H and O–H groups in total. The van der Waals surface area contributed by atoms with E-state index in [2.05, 4.69) is 15.2 Å². The van der Waals surface area contributed by atoms with Gasteiger partial charge in [0.1, 0.15) is 0 Å². The van der Waals surface area contributed by atoms with Crippen LogP contribution in [0.2, 0.25) is 0 Å². The third-order valence-electron chi connectivity index (χ3n) is 3.04. The van der Waals surface area contributed by atoms with Gasteiger partial charge in [-0.15, -0.1) is 0 Å². The van der Waals surface area contributed by atoms with Crippen LogP contribution in [0.4, 0.5) is 0 Å². The molecule has 1 aromatic carbocycles. The number of imidazole rings is 1. The largest absolute Gasteiger partial charge is 0.573 e. The van der Waals surface area contributed by atoms with Gasteiger partial charge in [0.25, 0.3) is 0 Å². The molecule has 0 saturated heterocycles. The molecule has 0 fully saturated rings. The molecule has 0 bridgehead atoms. The molecular formula is C18H19IrN4O2-. The zero-order valence-corrected chi connectivity index (χ0v) is 16.6. The molecule has 7 heteroatoms. The Kier molecular flexibility index (Phi) is 7.98. The number of benzene rings is 1. The second kappa shape index (κ2) is 9.71. The number of hydrogen-bond donors (Lipinski definition) is 1. The van der Waals surface area contributed by atoms with Gasteiger partial charge in [-0.2, -0.15) is 0 Å². The average molecular weight is 516 g/mol. The van der Waals surface area contributed by atoms with Crippen LogP contribution >= 0.6 is 0 Å². The van der Waals surface area contributed by atoms with Gasteiger partial charge in [-0.3, -0.25) is 4.79 Å². The molecule has 0 aliphatic rings. The summed E-state index contributed by atoms with van der Waals surface area (Å²) in [7, 11) is 1.94. The Morgan fingerprint density at radius 1 is 1.24 bits per heavy atom. The van der Waals surface area contributed by atoms with Crippen LogP contribution in [-0.4, -0.2) is 25.5 Å². The number of ketones is 1. The van der Waals surface area contributed by atoms with Gasteiger partial charge in [0.2, 0.25) is 0 Å². The zero-order chi connectivity index (χ0) is 17.5. The molecule has 2 aromatic heterocycles. The van der Waals surface area contributed by atoms with Crippen molar-refractivity contribution in [2.75, 3.05) is 0 Å². The predicted octanol–water partition coefficient (Wildman–Crippen LogP) is 3.14. The van der Waals surface area contributed by atoms with E-state index in [1.54, 1.807) is 12.5 Å². The Hall–Kier alpha value is -2.50. The van der Waals surface area contributed by atoms with Gasteiger partial charge >= 0.3 is 0 Å². The van der Waals surface area contributed by atoms with Crippen molar-refractivity contribution in [1.82, 2.24) is 19.7 Å². The van der Waals surface area contributed by atoms with Crippen LogP contribution in [0.25, 0.3) is 22.5 Å². The van der Waals surface area contributed by atoms with Crippen LogP contribution in [0.5, 0.6) is 0 Å². The zero-order valence-electron chi connectivity index (χ0n) is 14.2. The molecule has 6 nitrogen and oxygen atoms in total. The summed E-state index contributed by atoms with van der Waals surface area (Å²) in [5.41, 5.74) is 3.81. The summed E-state index contributed by atoms with van der Waals surface area (Å²) in [5, 5.41) is 16.5. The smallest absolute Gasteiger partial charge is 0.155 e. The SMILES string of the molecule is CC(=O)/C=C(/C)O.Cn1cnc(-c2[n-]ncc2-c2ccccc2)c1.[Ir]. The summed E-state index contributed by atoms with van der Waals surface area (Å²) in [6.07, 6.45) is 6.65. The van der Waals surface area contributed by atoms with Crippen molar-refractivity contribution < 1.29 is 30.0 Å². The molecule has 0 amide bonds. The molecule has 0 aliphatic carbocycles. The molecule has 25 heavy (non-hydrogen) atoms. The number of aromatic nitrogens is 4. The van der Waals surface area contributed by atoms with Gasteiger partial charge in [-0.1, -0.05) is 36.0 Å². The van der Waals surface area contributed by atoms with Gasteiger partial charge in [-0.25, -0.2) is 4.98 Å². The molecule has 0 spiro atoms. The number of aliphatic hydroxyl groups is 1. The number of aliphatic hydroxyl groups excluding tert-OH is 1. The average Bonchev–Trinajstić information content (AvgIpc) is 3.15. The summed E-state index contributed by atoms with van der Waals surface area (Å²) >= 11 is 0. The molecule has 0 saturated carbocycles. The monoisotopic (exact) mass is 516 g/mol. The molecule has 1 radical (unpaired) electrons. The second-order valence-electron chi connectivity index (χ2n) is 5.29. The van der Waals surface area contributed by atoms with E-state index >= 15 is 0 Å². The Bertz CT molecular complexity index is 834. The van der Waals surface area contributed by atoms with Gasteiger partial charge < -0.3 is 19.9 Å². The molecule has 133 valence electrons. The Balaban J connectivity index is 0.000000339. The van der Waals surface area contributed by atoms with Crippen LogP contribution in [0, 0.1) is 0 Å². The standard InChI is InChI=1S/C13H11N4.C5H8O2.Ir/c1-17-8-12(14-9-17)13-11(7-15-16-13)10-5-3-2-4-6-10;1-4(6)3-5(2)7;/h2-9H,1H3;3,6H,1-2H3;/q-1;;/b;4-3-;. The minimum Gasteiger partial charge on any atom is -0.573 e. The quantitative estimate of drug-likeness (QED) is 0.428. The van der Waals surface area contributed by atoms with E-state index in [-0.39, 0.29) is 31.6 Å². The number of nitrogens with zero attached hydrogens (tertiary/aromatic N) is 4. The number of allylic oxidation sites excluding steroid dienone is 2. The molecule has 2 heterocycles. The van der Waals surface area contributed by atoms with Gasteiger partial charge in [-0.05, 0) is 25.0 Å². The van der Waals surface area contributed by atoms with Crippen molar-refractivity contribution >= 4 is 5.78 Å². The number of carbonyl (C=O) groups is 1. The molecule has 0 unspecified atom stereocenters. The topological polar surface area (TPSA) is 82.1 Å². The second-order valence-corrected chi connectivity index (χ2v) is 5.29. The number of rotatable bonds is 3. The van der Waals surface area contributed by atoms with Crippen molar-refractivity contribution in [3.63, 3.8) is 0 Å². The third kappa shape index (κ3) is 6.14. The van der Waals surface area contributed by atoms with E-state index in [1.807, 2.05) is 48.1 Å². The summed E-state index contributed by atoms with van der Waals surface area (Å²) in [6, 6.07) is 10.1. The number of carbonyl (C=O) groups excluding carboxylic acids is 1. The summed E-state index contributed by atoms with van der Waals surface area (Å²) in [6.45, 7) is 2.85. The predicted molar refractivity (Wildman–Crippen MR) is 92.3 cm³/mol. The van der Waals surface area contributed by atoms with E-state index < -0.39 is 0 Å². The molecule has 3 rings (SSSR count). The third-order valence-corrected chi connectivity index (χ3v) is 3.04.